The van der Waals surface area contributed by atoms with Crippen LogP contribution in [0.5, 0.6) is 0 Å². The lowest BCUT2D eigenvalue weighted by Crippen LogP contribution is -2.45. The smallest absolute Gasteiger partial charge is 0.430 e. The van der Waals surface area contributed by atoms with Crippen LogP contribution in [0.4, 0.5) is 4.79 Å². The molecule has 4 rings (SSSR count). The Labute approximate surface area is 133 Å². The molecule has 7 heteroatoms. The Hall–Kier alpha value is -2.41. The predicted octanol–water partition coefficient (Wildman–Crippen LogP) is 2.24. The minimum Gasteiger partial charge on any atom is -0.430 e. The lowest BCUT2D eigenvalue weighted by Gasteiger charge is -2.35. The van der Waals surface area contributed by atoms with E-state index in [2.05, 4.69) is 15.0 Å². The molecule has 2 fully saturated rings. The highest BCUT2D eigenvalue weighted by atomic mass is 16.8. The molecule has 7 nitrogen and oxygen atoms in total. The Morgan fingerprint density at radius 1 is 1.22 bits per heavy atom. The molecule has 0 atom stereocenters. The van der Waals surface area contributed by atoms with Gasteiger partial charge in [-0.3, -0.25) is 9.88 Å². The van der Waals surface area contributed by atoms with Crippen molar-refractivity contribution in [2.24, 2.45) is 0 Å². The largest absolute Gasteiger partial charge is 0.509 e. The number of likely N-dealkylation sites (tertiary alicyclic amines) is 1. The highest BCUT2D eigenvalue weighted by molar-refractivity contribution is 5.62. The number of pyridine rings is 1. The number of nitrogens with zero attached hydrogens (tertiary/aromatic N) is 3. The molecular weight excluding hydrogens is 298 g/mol. The van der Waals surface area contributed by atoms with Gasteiger partial charge in [-0.25, -0.2) is 4.79 Å². The lowest BCUT2D eigenvalue weighted by atomic mass is 9.92. The zero-order valence-corrected chi connectivity index (χ0v) is 12.6. The van der Waals surface area contributed by atoms with Gasteiger partial charge in [0.05, 0.1) is 6.54 Å². The van der Waals surface area contributed by atoms with Crippen molar-refractivity contribution < 1.29 is 18.8 Å². The number of cyclic esters (lactones) is 1. The highest BCUT2D eigenvalue weighted by Crippen LogP contribution is 2.32. The van der Waals surface area contributed by atoms with Gasteiger partial charge in [-0.1, -0.05) is 5.16 Å². The maximum atomic E-state index is 11.1. The molecule has 23 heavy (non-hydrogen) atoms. The second-order valence-corrected chi connectivity index (χ2v) is 6.01. The number of carbonyl (C=O) groups excluding carboxylic acids is 1. The Morgan fingerprint density at radius 2 is 2.00 bits per heavy atom. The Balaban J connectivity index is 1.37. The van der Waals surface area contributed by atoms with Crippen LogP contribution in [-0.2, 0) is 16.0 Å². The van der Waals surface area contributed by atoms with E-state index in [1.165, 1.54) is 0 Å². The molecule has 0 saturated carbocycles. The number of hydrogen-bond donors (Lipinski definition) is 0. The van der Waals surface area contributed by atoms with Gasteiger partial charge in [0.25, 0.3) is 0 Å². The summed E-state index contributed by atoms with van der Waals surface area (Å²) in [6.07, 6.45) is 4.49. The first kappa shape index (κ1) is 14.2. The quantitative estimate of drug-likeness (QED) is 0.804. The Kier molecular flexibility index (Phi) is 3.49. The average Bonchev–Trinajstić information content (AvgIpc) is 3.18. The third-order valence-corrected chi connectivity index (χ3v) is 4.43. The van der Waals surface area contributed by atoms with E-state index in [-0.39, 0.29) is 0 Å². The van der Waals surface area contributed by atoms with Gasteiger partial charge in [-0.05, 0) is 12.1 Å². The fourth-order valence-electron chi connectivity index (χ4n) is 3.06. The summed E-state index contributed by atoms with van der Waals surface area (Å²) in [5, 5.41) is 4.11. The molecule has 0 bridgehead atoms. The molecular formula is C16H17N3O4. The first-order valence-electron chi connectivity index (χ1n) is 7.67. The molecule has 2 aliphatic heterocycles. The van der Waals surface area contributed by atoms with Gasteiger partial charge in [0, 0.05) is 50.0 Å². The minimum absolute atomic E-state index is 0.369. The summed E-state index contributed by atoms with van der Waals surface area (Å²) in [7, 11) is 0. The summed E-state index contributed by atoms with van der Waals surface area (Å²) in [6, 6.07) is 5.76. The van der Waals surface area contributed by atoms with E-state index in [9.17, 15) is 4.79 Å². The van der Waals surface area contributed by atoms with Crippen LogP contribution in [0.25, 0.3) is 11.3 Å². The number of aromatic nitrogens is 2. The highest BCUT2D eigenvalue weighted by Gasteiger charge is 2.44. The van der Waals surface area contributed by atoms with E-state index in [0.717, 1.165) is 42.9 Å². The molecule has 0 aromatic carbocycles. The monoisotopic (exact) mass is 315 g/mol. The SMILES string of the molecule is O=C1OCC2(CCN(Cc3cc(-c4ccncc4)no3)CC2)O1. The fraction of sp³-hybridized carbons (Fsp3) is 0.438. The summed E-state index contributed by atoms with van der Waals surface area (Å²) >= 11 is 0. The van der Waals surface area contributed by atoms with Gasteiger partial charge >= 0.3 is 6.16 Å². The van der Waals surface area contributed by atoms with E-state index < -0.39 is 11.8 Å². The van der Waals surface area contributed by atoms with Gasteiger partial charge in [0.15, 0.2) is 11.4 Å². The summed E-state index contributed by atoms with van der Waals surface area (Å²) in [6.45, 7) is 2.74. The molecule has 4 heterocycles. The molecule has 0 amide bonds. The van der Waals surface area contributed by atoms with Crippen molar-refractivity contribution in [1.82, 2.24) is 15.0 Å². The molecule has 1 spiro atoms. The maximum Gasteiger partial charge on any atom is 0.509 e. The number of carbonyl (C=O) groups is 1. The van der Waals surface area contributed by atoms with Gasteiger partial charge in [0.2, 0.25) is 0 Å². The molecule has 120 valence electrons. The van der Waals surface area contributed by atoms with E-state index in [1.54, 1.807) is 12.4 Å². The van der Waals surface area contributed by atoms with Crippen molar-refractivity contribution in [1.29, 1.82) is 0 Å². The van der Waals surface area contributed by atoms with E-state index in [0.29, 0.717) is 13.2 Å². The minimum atomic E-state index is -0.546. The van der Waals surface area contributed by atoms with Crippen molar-refractivity contribution in [3.8, 4) is 11.3 Å². The summed E-state index contributed by atoms with van der Waals surface area (Å²) in [4.78, 5) is 17.4. The standard InChI is InChI=1S/C16H17N3O4/c20-15-21-11-16(22-15)3-7-19(8-4-16)10-13-9-14(18-23-13)12-1-5-17-6-2-12/h1-2,5-6,9H,3-4,7-8,10-11H2. The van der Waals surface area contributed by atoms with Crippen LogP contribution in [0.15, 0.2) is 35.1 Å². The van der Waals surface area contributed by atoms with Crippen LogP contribution in [-0.4, -0.2) is 46.5 Å². The van der Waals surface area contributed by atoms with Crippen LogP contribution < -0.4 is 0 Å². The van der Waals surface area contributed by atoms with Crippen molar-refractivity contribution in [2.45, 2.75) is 25.0 Å². The topological polar surface area (TPSA) is 77.7 Å². The third kappa shape index (κ3) is 2.92. The van der Waals surface area contributed by atoms with E-state index >= 15 is 0 Å². The molecule has 2 aromatic rings. The average molecular weight is 315 g/mol. The number of hydrogen-bond acceptors (Lipinski definition) is 7. The van der Waals surface area contributed by atoms with Gasteiger partial charge in [0.1, 0.15) is 12.3 Å². The Morgan fingerprint density at radius 3 is 2.70 bits per heavy atom. The van der Waals surface area contributed by atoms with E-state index in [1.807, 2.05) is 18.2 Å². The zero-order valence-electron chi connectivity index (χ0n) is 12.6. The summed E-state index contributed by atoms with van der Waals surface area (Å²) < 4.78 is 15.7. The summed E-state index contributed by atoms with van der Waals surface area (Å²) in [5.41, 5.74) is 1.38. The second-order valence-electron chi connectivity index (χ2n) is 6.01. The molecule has 0 N–H and O–H groups in total. The molecule has 2 aromatic heterocycles. The van der Waals surface area contributed by atoms with Crippen LogP contribution in [0.3, 0.4) is 0 Å². The van der Waals surface area contributed by atoms with Gasteiger partial charge in [-0.2, -0.15) is 0 Å². The Bertz CT molecular complexity index is 692. The third-order valence-electron chi connectivity index (χ3n) is 4.43. The first-order chi connectivity index (χ1) is 11.2. The summed E-state index contributed by atoms with van der Waals surface area (Å²) in [5.74, 6) is 0.826. The van der Waals surface area contributed by atoms with Gasteiger partial charge < -0.3 is 14.0 Å². The number of ether oxygens (including phenoxy) is 2. The molecule has 2 aliphatic rings. The van der Waals surface area contributed by atoms with Crippen molar-refractivity contribution >= 4 is 6.16 Å². The van der Waals surface area contributed by atoms with Crippen LogP contribution >= 0.6 is 0 Å². The van der Waals surface area contributed by atoms with Crippen molar-refractivity contribution in [3.63, 3.8) is 0 Å². The maximum absolute atomic E-state index is 11.1. The number of piperidine rings is 1. The van der Waals surface area contributed by atoms with E-state index in [4.69, 9.17) is 14.0 Å². The normalized spacial score (nSPS) is 20.4. The molecule has 0 radical (unpaired) electrons. The molecule has 0 aliphatic carbocycles. The van der Waals surface area contributed by atoms with Crippen LogP contribution in [0, 0.1) is 0 Å². The zero-order chi connectivity index (χ0) is 15.7. The van der Waals surface area contributed by atoms with Crippen molar-refractivity contribution in [2.75, 3.05) is 19.7 Å². The predicted molar refractivity (Wildman–Crippen MR) is 79.4 cm³/mol. The fourth-order valence-corrected chi connectivity index (χ4v) is 3.06. The van der Waals surface area contributed by atoms with Gasteiger partial charge in [-0.15, -0.1) is 0 Å². The van der Waals surface area contributed by atoms with Crippen LogP contribution in [0.2, 0.25) is 0 Å². The molecule has 2 saturated heterocycles. The second kappa shape index (κ2) is 5.66. The van der Waals surface area contributed by atoms with Crippen molar-refractivity contribution in [3.05, 3.63) is 36.4 Å². The number of rotatable bonds is 3. The van der Waals surface area contributed by atoms with Crippen LogP contribution in [0.1, 0.15) is 18.6 Å². The first-order valence-corrected chi connectivity index (χ1v) is 7.67. The molecule has 0 unspecified atom stereocenters. The lowest BCUT2D eigenvalue weighted by molar-refractivity contribution is -0.00336.